The first-order valence-corrected chi connectivity index (χ1v) is 4.38. The van der Waals surface area contributed by atoms with Gasteiger partial charge in [-0.15, -0.1) is 0 Å². The minimum Gasteiger partial charge on any atom is -1.00 e. The fraction of sp³-hybridized carbons (Fsp3) is 0.300. The number of esters is 1. The molecule has 0 N–H and O–H groups in total. The second-order valence-corrected chi connectivity index (χ2v) is 2.69. The van der Waals surface area contributed by atoms with Crippen molar-refractivity contribution < 1.29 is 35.9 Å². The molecule has 0 aliphatic carbocycles. The van der Waals surface area contributed by atoms with Crippen molar-refractivity contribution >= 4 is 11.8 Å². The lowest BCUT2D eigenvalue weighted by atomic mass is 10.4. The fourth-order valence-electron chi connectivity index (χ4n) is 0.982. The Morgan fingerprint density at radius 2 is 1.80 bits per heavy atom. The van der Waals surface area contributed by atoms with Gasteiger partial charge in [0.15, 0.2) is 12.4 Å². The second kappa shape index (κ2) is 7.11. The fourth-order valence-corrected chi connectivity index (χ4v) is 0.982. The molecule has 0 spiro atoms. The first-order chi connectivity index (χ1) is 6.74. The number of carbonyl (C=O) groups is 2. The maximum atomic E-state index is 11.2. The average Bonchev–Trinajstić information content (AvgIpc) is 2.19. The van der Waals surface area contributed by atoms with Crippen LogP contribution < -0.4 is 21.5 Å². The van der Waals surface area contributed by atoms with Gasteiger partial charge < -0.3 is 21.7 Å². The largest absolute Gasteiger partial charge is 1.00 e. The van der Waals surface area contributed by atoms with Gasteiger partial charge in [-0.2, -0.15) is 4.57 Å². The maximum Gasteiger partial charge on any atom is 0.381 e. The summed E-state index contributed by atoms with van der Waals surface area (Å²) in [5.41, 5.74) is 0. The number of rotatable bonds is 4. The van der Waals surface area contributed by atoms with Crippen molar-refractivity contribution in [2.24, 2.45) is 0 Å². The predicted molar refractivity (Wildman–Crippen MR) is 48.3 cm³/mol. The van der Waals surface area contributed by atoms with E-state index in [9.17, 15) is 9.59 Å². The Balaban J connectivity index is 0.00000196. The van der Waals surface area contributed by atoms with E-state index in [2.05, 4.69) is 4.74 Å². The van der Waals surface area contributed by atoms with Crippen molar-refractivity contribution in [1.82, 2.24) is 0 Å². The lowest BCUT2D eigenvalue weighted by molar-refractivity contribution is -0.683. The van der Waals surface area contributed by atoms with E-state index in [-0.39, 0.29) is 30.1 Å². The van der Waals surface area contributed by atoms with Crippen LogP contribution in [0.2, 0.25) is 0 Å². The van der Waals surface area contributed by atoms with Gasteiger partial charge in [0.25, 0.3) is 0 Å². The highest BCUT2D eigenvalue weighted by Crippen LogP contribution is 1.83. The minimum atomic E-state index is -0.774. The topological polar surface area (TPSA) is 47.3 Å². The summed E-state index contributed by atoms with van der Waals surface area (Å²) in [6.07, 6.45) is 3.44. The van der Waals surface area contributed by atoms with Gasteiger partial charge >= 0.3 is 11.8 Å². The number of aromatic nitrogens is 1. The molecular formula is C10H12BrNO3. The highest BCUT2D eigenvalue weighted by molar-refractivity contribution is 6.33. The molecule has 0 radical (unpaired) electrons. The lowest BCUT2D eigenvalue weighted by Crippen LogP contribution is -3.00. The number of ether oxygens (including phenoxy) is 1. The molecule has 15 heavy (non-hydrogen) atoms. The number of halogens is 1. The van der Waals surface area contributed by atoms with Crippen LogP contribution >= 0.6 is 0 Å². The SMILES string of the molecule is CCOC(=O)C(=O)C[n+]1ccccc1.[Br-]. The number of pyridine rings is 1. The van der Waals surface area contributed by atoms with Crippen molar-refractivity contribution in [2.45, 2.75) is 13.5 Å². The molecule has 0 bridgehead atoms. The Morgan fingerprint density at radius 1 is 1.20 bits per heavy atom. The zero-order valence-corrected chi connectivity index (χ0v) is 9.94. The summed E-state index contributed by atoms with van der Waals surface area (Å²) in [6.45, 7) is 1.92. The molecular weight excluding hydrogens is 262 g/mol. The maximum absolute atomic E-state index is 11.2. The highest BCUT2D eigenvalue weighted by atomic mass is 79.9. The van der Waals surface area contributed by atoms with Crippen molar-refractivity contribution in [1.29, 1.82) is 0 Å². The molecule has 0 aliphatic rings. The molecule has 0 fully saturated rings. The zero-order valence-electron chi connectivity index (χ0n) is 8.35. The monoisotopic (exact) mass is 273 g/mol. The summed E-state index contributed by atoms with van der Waals surface area (Å²) in [5, 5.41) is 0. The predicted octanol–water partition coefficient (Wildman–Crippen LogP) is -2.89. The third-order valence-corrected chi connectivity index (χ3v) is 1.61. The molecule has 5 heteroatoms. The summed E-state index contributed by atoms with van der Waals surface area (Å²) in [5.74, 6) is -1.31. The number of hydrogen-bond donors (Lipinski definition) is 0. The molecule has 82 valence electrons. The second-order valence-electron chi connectivity index (χ2n) is 2.69. The van der Waals surface area contributed by atoms with Gasteiger partial charge in [-0.05, 0) is 6.92 Å². The number of nitrogens with zero attached hydrogens (tertiary/aromatic N) is 1. The summed E-state index contributed by atoms with van der Waals surface area (Å²) >= 11 is 0. The zero-order chi connectivity index (χ0) is 10.4. The number of ketones is 1. The molecule has 0 saturated heterocycles. The molecule has 1 heterocycles. The van der Waals surface area contributed by atoms with Crippen molar-refractivity contribution in [2.75, 3.05) is 6.61 Å². The van der Waals surface area contributed by atoms with E-state index in [0.29, 0.717) is 0 Å². The normalized spacial score (nSPS) is 8.87. The van der Waals surface area contributed by atoms with E-state index in [0.717, 1.165) is 0 Å². The number of carbonyl (C=O) groups excluding carboxylic acids is 2. The Morgan fingerprint density at radius 3 is 2.33 bits per heavy atom. The standard InChI is InChI=1S/C10H12NO3.BrH/c1-2-14-10(13)9(12)8-11-6-4-3-5-7-11;/h3-7H,2,8H2,1H3;1H/q+1;/p-1. The van der Waals surface area contributed by atoms with Crippen LogP contribution in [0.3, 0.4) is 0 Å². The average molecular weight is 274 g/mol. The van der Waals surface area contributed by atoms with Gasteiger partial charge in [-0.1, -0.05) is 6.07 Å². The van der Waals surface area contributed by atoms with Gasteiger partial charge in [0.2, 0.25) is 6.54 Å². The Labute approximate surface area is 98.6 Å². The molecule has 1 aromatic heterocycles. The van der Waals surface area contributed by atoms with Crippen LogP contribution in [0.4, 0.5) is 0 Å². The van der Waals surface area contributed by atoms with Gasteiger partial charge in [-0.25, -0.2) is 4.79 Å². The van der Waals surface area contributed by atoms with E-state index in [1.54, 1.807) is 36.0 Å². The lowest BCUT2D eigenvalue weighted by Gasteiger charge is -1.97. The number of Topliss-reactive ketones (excluding diaryl/α,β-unsaturated/α-hetero) is 1. The van der Waals surface area contributed by atoms with Crippen LogP contribution in [-0.2, 0) is 20.9 Å². The van der Waals surface area contributed by atoms with Crippen LogP contribution in [0.25, 0.3) is 0 Å². The summed E-state index contributed by atoms with van der Waals surface area (Å²) in [7, 11) is 0. The quantitative estimate of drug-likeness (QED) is 0.336. The van der Waals surface area contributed by atoms with E-state index >= 15 is 0 Å². The van der Waals surface area contributed by atoms with E-state index in [1.165, 1.54) is 0 Å². The molecule has 0 aliphatic heterocycles. The first kappa shape index (κ1) is 13.8. The Kier molecular flexibility index (Phi) is 6.53. The van der Waals surface area contributed by atoms with Crippen LogP contribution in [-0.4, -0.2) is 18.4 Å². The Bertz CT molecular complexity index is 327. The number of hydrogen-bond acceptors (Lipinski definition) is 3. The molecule has 0 saturated carbocycles. The van der Waals surface area contributed by atoms with Gasteiger partial charge in [0.1, 0.15) is 0 Å². The van der Waals surface area contributed by atoms with Crippen LogP contribution in [0.5, 0.6) is 0 Å². The molecule has 1 rings (SSSR count). The molecule has 4 nitrogen and oxygen atoms in total. The molecule has 1 aromatic rings. The molecule has 0 atom stereocenters. The molecule has 0 unspecified atom stereocenters. The van der Waals surface area contributed by atoms with Gasteiger partial charge in [-0.3, -0.25) is 4.79 Å². The van der Waals surface area contributed by atoms with E-state index < -0.39 is 11.8 Å². The van der Waals surface area contributed by atoms with Crippen molar-refractivity contribution in [3.8, 4) is 0 Å². The Hall–Kier alpha value is -1.23. The minimum absolute atomic E-state index is 0. The smallest absolute Gasteiger partial charge is 0.381 e. The van der Waals surface area contributed by atoms with Crippen molar-refractivity contribution in [3.63, 3.8) is 0 Å². The molecule has 0 aromatic carbocycles. The summed E-state index contributed by atoms with van der Waals surface area (Å²) in [6, 6.07) is 5.42. The summed E-state index contributed by atoms with van der Waals surface area (Å²) in [4.78, 5) is 22.2. The molecule has 0 amide bonds. The first-order valence-electron chi connectivity index (χ1n) is 4.38. The highest BCUT2D eigenvalue weighted by Gasteiger charge is 2.19. The van der Waals surface area contributed by atoms with E-state index in [4.69, 9.17) is 0 Å². The van der Waals surface area contributed by atoms with Crippen LogP contribution in [0.15, 0.2) is 30.6 Å². The van der Waals surface area contributed by atoms with Crippen LogP contribution in [0.1, 0.15) is 6.92 Å². The summed E-state index contributed by atoms with van der Waals surface area (Å²) < 4.78 is 6.20. The third kappa shape index (κ3) is 4.69. The van der Waals surface area contributed by atoms with Crippen molar-refractivity contribution in [3.05, 3.63) is 30.6 Å². The van der Waals surface area contributed by atoms with Gasteiger partial charge in [0, 0.05) is 12.1 Å². The van der Waals surface area contributed by atoms with Crippen LogP contribution in [0, 0.1) is 0 Å². The van der Waals surface area contributed by atoms with E-state index in [1.807, 2.05) is 6.07 Å². The van der Waals surface area contributed by atoms with Gasteiger partial charge in [0.05, 0.1) is 6.61 Å². The third-order valence-electron chi connectivity index (χ3n) is 1.61.